The highest BCUT2D eigenvalue weighted by Crippen LogP contribution is 2.33. The molecule has 0 unspecified atom stereocenters. The zero-order valence-corrected chi connectivity index (χ0v) is 18.1. The van der Waals surface area contributed by atoms with Crippen LogP contribution in [0.15, 0.2) is 46.9 Å². The minimum absolute atomic E-state index is 0.103. The number of likely N-dealkylation sites (N-methyl/N-ethyl adjacent to an activating group) is 1. The number of phenolic OH excluding ortho intramolecular Hbond substituents is 1. The van der Waals surface area contributed by atoms with E-state index in [0.29, 0.717) is 35.1 Å². The molecule has 1 fully saturated rings. The standard InChI is InChI=1S/C25H28N2O4/c1-3-26-11-13-27(14-12-26)10-9-21(28)20-15-19-17(2)25(31-23(19)16-22(20)29)24(30)18-7-5-4-6-8-18/h4-8,15-16,29H,3,9-14H2,1-2H3. The van der Waals surface area contributed by atoms with Gasteiger partial charge in [-0.15, -0.1) is 0 Å². The van der Waals surface area contributed by atoms with Gasteiger partial charge in [0.05, 0.1) is 5.56 Å². The van der Waals surface area contributed by atoms with Crippen LogP contribution in [0.2, 0.25) is 0 Å². The molecule has 31 heavy (non-hydrogen) atoms. The summed E-state index contributed by atoms with van der Waals surface area (Å²) in [5.41, 5.74) is 1.89. The predicted octanol–water partition coefficient (Wildman–Crippen LogP) is 3.89. The minimum atomic E-state index is -0.215. The number of furan rings is 1. The summed E-state index contributed by atoms with van der Waals surface area (Å²) in [6.07, 6.45) is 0.345. The van der Waals surface area contributed by atoms with E-state index >= 15 is 0 Å². The van der Waals surface area contributed by atoms with Gasteiger partial charge in [-0.3, -0.25) is 9.59 Å². The van der Waals surface area contributed by atoms with Crippen molar-refractivity contribution in [1.82, 2.24) is 9.80 Å². The van der Waals surface area contributed by atoms with Gasteiger partial charge in [-0.1, -0.05) is 37.3 Å². The van der Waals surface area contributed by atoms with E-state index in [4.69, 9.17) is 4.42 Å². The number of aromatic hydroxyl groups is 1. The Labute approximate surface area is 182 Å². The van der Waals surface area contributed by atoms with Crippen LogP contribution in [0, 0.1) is 6.92 Å². The highest BCUT2D eigenvalue weighted by Gasteiger charge is 2.23. The van der Waals surface area contributed by atoms with Crippen LogP contribution >= 0.6 is 0 Å². The molecule has 1 aromatic heterocycles. The van der Waals surface area contributed by atoms with E-state index in [1.54, 1.807) is 37.3 Å². The summed E-state index contributed by atoms with van der Waals surface area (Å²) < 4.78 is 5.77. The van der Waals surface area contributed by atoms with E-state index in [2.05, 4.69) is 16.7 Å². The van der Waals surface area contributed by atoms with Crippen molar-refractivity contribution in [2.75, 3.05) is 39.3 Å². The average molecular weight is 421 g/mol. The molecule has 2 aromatic carbocycles. The maximum atomic E-state index is 12.9. The monoisotopic (exact) mass is 420 g/mol. The molecule has 1 N–H and O–H groups in total. The lowest BCUT2D eigenvalue weighted by Gasteiger charge is -2.33. The number of Topliss-reactive ketones (excluding diaryl/α,β-unsaturated/α-hetero) is 1. The quantitative estimate of drug-likeness (QED) is 0.585. The number of carbonyl (C=O) groups is 2. The molecule has 1 saturated heterocycles. The van der Waals surface area contributed by atoms with Gasteiger partial charge in [0.1, 0.15) is 11.3 Å². The molecule has 4 rings (SSSR count). The first-order valence-electron chi connectivity index (χ1n) is 10.8. The van der Waals surface area contributed by atoms with E-state index in [9.17, 15) is 14.7 Å². The molecule has 0 bridgehead atoms. The summed E-state index contributed by atoms with van der Waals surface area (Å²) in [5.74, 6) is -0.193. The largest absolute Gasteiger partial charge is 0.507 e. The Bertz CT molecular complexity index is 1100. The molecule has 0 amide bonds. The summed E-state index contributed by atoms with van der Waals surface area (Å²) >= 11 is 0. The number of hydrogen-bond acceptors (Lipinski definition) is 6. The predicted molar refractivity (Wildman–Crippen MR) is 120 cm³/mol. The Hall–Kier alpha value is -2.96. The molecule has 1 aliphatic heterocycles. The van der Waals surface area contributed by atoms with Crippen molar-refractivity contribution < 1.29 is 19.1 Å². The van der Waals surface area contributed by atoms with E-state index in [1.807, 2.05) is 6.07 Å². The lowest BCUT2D eigenvalue weighted by molar-refractivity contribution is 0.0929. The van der Waals surface area contributed by atoms with Gasteiger partial charge in [0.15, 0.2) is 11.5 Å². The van der Waals surface area contributed by atoms with Gasteiger partial charge in [0, 0.05) is 61.7 Å². The van der Waals surface area contributed by atoms with E-state index in [0.717, 1.165) is 32.7 Å². The number of aryl methyl sites for hydroxylation is 1. The molecule has 0 spiro atoms. The van der Waals surface area contributed by atoms with Gasteiger partial charge < -0.3 is 19.3 Å². The van der Waals surface area contributed by atoms with Crippen LogP contribution in [0.5, 0.6) is 5.75 Å². The molecule has 0 radical (unpaired) electrons. The van der Waals surface area contributed by atoms with Crippen molar-refractivity contribution in [2.45, 2.75) is 20.3 Å². The summed E-state index contributed by atoms with van der Waals surface area (Å²) in [6.45, 7) is 9.66. The fourth-order valence-corrected chi connectivity index (χ4v) is 4.14. The third-order valence-electron chi connectivity index (χ3n) is 6.16. The molecular weight excluding hydrogens is 392 g/mol. The molecule has 0 atom stereocenters. The first kappa shape index (κ1) is 21.3. The zero-order valence-electron chi connectivity index (χ0n) is 18.1. The van der Waals surface area contributed by atoms with Crippen LogP contribution in [-0.4, -0.2) is 65.7 Å². The molecule has 6 nitrogen and oxygen atoms in total. The summed E-state index contributed by atoms with van der Waals surface area (Å²) in [5, 5.41) is 11.1. The van der Waals surface area contributed by atoms with Crippen LogP contribution < -0.4 is 0 Å². The van der Waals surface area contributed by atoms with E-state index in [-0.39, 0.29) is 28.6 Å². The van der Waals surface area contributed by atoms with Crippen molar-refractivity contribution >= 4 is 22.5 Å². The molecule has 0 aliphatic carbocycles. The maximum absolute atomic E-state index is 12.9. The third-order valence-corrected chi connectivity index (χ3v) is 6.16. The van der Waals surface area contributed by atoms with Crippen molar-refractivity contribution in [2.24, 2.45) is 0 Å². The van der Waals surface area contributed by atoms with E-state index in [1.165, 1.54) is 6.07 Å². The molecule has 1 aliphatic rings. The Balaban J connectivity index is 1.52. The second kappa shape index (κ2) is 9.04. The molecule has 3 aromatic rings. The van der Waals surface area contributed by atoms with Crippen LogP contribution in [0.1, 0.15) is 45.4 Å². The third kappa shape index (κ3) is 4.40. The van der Waals surface area contributed by atoms with Crippen molar-refractivity contribution in [3.05, 3.63) is 64.9 Å². The number of fused-ring (bicyclic) bond motifs is 1. The smallest absolute Gasteiger partial charge is 0.228 e. The number of nitrogens with zero attached hydrogens (tertiary/aromatic N) is 2. The van der Waals surface area contributed by atoms with Gasteiger partial charge in [-0.2, -0.15) is 0 Å². The number of ketones is 2. The van der Waals surface area contributed by atoms with Crippen LogP contribution in [0.3, 0.4) is 0 Å². The lowest BCUT2D eigenvalue weighted by Crippen LogP contribution is -2.46. The topological polar surface area (TPSA) is 74.0 Å². The van der Waals surface area contributed by atoms with Crippen LogP contribution in [0.25, 0.3) is 11.0 Å². The number of hydrogen-bond donors (Lipinski definition) is 1. The number of carbonyl (C=O) groups excluding carboxylic acids is 2. The fourth-order valence-electron chi connectivity index (χ4n) is 4.14. The Morgan fingerprint density at radius 1 is 1.03 bits per heavy atom. The van der Waals surface area contributed by atoms with Gasteiger partial charge >= 0.3 is 0 Å². The second-order valence-electron chi connectivity index (χ2n) is 8.07. The maximum Gasteiger partial charge on any atom is 0.228 e. The van der Waals surface area contributed by atoms with Crippen molar-refractivity contribution in [1.29, 1.82) is 0 Å². The van der Waals surface area contributed by atoms with Crippen molar-refractivity contribution in [3.8, 4) is 5.75 Å². The number of piperazine rings is 1. The van der Waals surface area contributed by atoms with Crippen LogP contribution in [-0.2, 0) is 0 Å². The summed E-state index contributed by atoms with van der Waals surface area (Å²) in [4.78, 5) is 30.4. The van der Waals surface area contributed by atoms with E-state index < -0.39 is 0 Å². The van der Waals surface area contributed by atoms with Gasteiger partial charge in [0.25, 0.3) is 0 Å². The average Bonchev–Trinajstić information content (AvgIpc) is 3.12. The van der Waals surface area contributed by atoms with Crippen molar-refractivity contribution in [3.63, 3.8) is 0 Å². The molecule has 2 heterocycles. The number of rotatable bonds is 7. The highest BCUT2D eigenvalue weighted by molar-refractivity contribution is 6.11. The van der Waals surface area contributed by atoms with Gasteiger partial charge in [-0.25, -0.2) is 0 Å². The lowest BCUT2D eigenvalue weighted by atomic mass is 10.0. The SMILES string of the molecule is CCN1CCN(CCC(=O)c2cc3c(C)c(C(=O)c4ccccc4)oc3cc2O)CC1. The summed E-state index contributed by atoms with van der Waals surface area (Å²) in [7, 11) is 0. The van der Waals surface area contributed by atoms with Crippen LogP contribution in [0.4, 0.5) is 0 Å². The Morgan fingerprint density at radius 2 is 1.71 bits per heavy atom. The Morgan fingerprint density at radius 3 is 2.39 bits per heavy atom. The molecule has 6 heteroatoms. The molecule has 0 saturated carbocycles. The first-order valence-corrected chi connectivity index (χ1v) is 10.8. The number of phenols is 1. The normalized spacial score (nSPS) is 15.4. The fraction of sp³-hybridized carbons (Fsp3) is 0.360. The number of benzene rings is 2. The highest BCUT2D eigenvalue weighted by atomic mass is 16.3. The minimum Gasteiger partial charge on any atom is -0.507 e. The Kier molecular flexibility index (Phi) is 6.20. The zero-order chi connectivity index (χ0) is 22.0. The van der Waals surface area contributed by atoms with Gasteiger partial charge in [-0.05, 0) is 19.5 Å². The molecular formula is C25H28N2O4. The molecule has 162 valence electrons. The summed E-state index contributed by atoms with van der Waals surface area (Å²) in [6, 6.07) is 12.0. The first-order chi connectivity index (χ1) is 15.0. The van der Waals surface area contributed by atoms with Gasteiger partial charge in [0.2, 0.25) is 5.78 Å². The second-order valence-corrected chi connectivity index (χ2v) is 8.07.